The first-order chi connectivity index (χ1) is 18.3. The molecule has 3 fully saturated rings. The number of carbonyl (C=O) groups excluding carboxylic acids is 3. The van der Waals surface area contributed by atoms with Gasteiger partial charge in [0.2, 0.25) is 11.7 Å². The van der Waals surface area contributed by atoms with Crippen molar-refractivity contribution >= 4 is 34.7 Å². The van der Waals surface area contributed by atoms with Gasteiger partial charge in [-0.1, -0.05) is 54.6 Å². The van der Waals surface area contributed by atoms with E-state index in [2.05, 4.69) is 10.6 Å². The number of amides is 1. The number of piperidine rings is 3. The van der Waals surface area contributed by atoms with Gasteiger partial charge in [-0.15, -0.1) is 0 Å². The molecule has 3 saturated heterocycles. The van der Waals surface area contributed by atoms with Crippen LogP contribution in [0.15, 0.2) is 84.9 Å². The minimum Gasteiger partial charge on any atom is -1.00 e. The van der Waals surface area contributed by atoms with Crippen LogP contribution in [-0.2, 0) is 14.3 Å². The van der Waals surface area contributed by atoms with Gasteiger partial charge in [-0.2, -0.15) is 0 Å². The van der Waals surface area contributed by atoms with Crippen molar-refractivity contribution in [2.45, 2.75) is 32.8 Å². The number of quaternary nitrogens is 1. The van der Waals surface area contributed by atoms with Gasteiger partial charge >= 0.3 is 5.97 Å². The average Bonchev–Trinajstić information content (AvgIpc) is 2.90. The molecule has 0 aliphatic carbocycles. The highest BCUT2D eigenvalue weighted by Crippen LogP contribution is 2.35. The third-order valence-electron chi connectivity index (χ3n) is 7.18. The first kappa shape index (κ1) is 30.1. The number of hydrogen-bond donors (Lipinski definition) is 2. The van der Waals surface area contributed by atoms with E-state index in [0.717, 1.165) is 59.6 Å². The van der Waals surface area contributed by atoms with Crippen molar-refractivity contribution in [2.75, 3.05) is 36.8 Å². The Morgan fingerprint density at radius 2 is 1.41 bits per heavy atom. The number of fused-ring (bicyclic) bond motifs is 3. The molecule has 3 aliphatic rings. The molecule has 0 radical (unpaired) electrons. The number of anilines is 3. The molecule has 2 N–H and O–H groups in total. The van der Waals surface area contributed by atoms with Gasteiger partial charge in [-0.3, -0.25) is 14.4 Å². The quantitative estimate of drug-likeness (QED) is 0.250. The first-order valence-electron chi connectivity index (χ1n) is 13.1. The van der Waals surface area contributed by atoms with Crippen LogP contribution in [0.1, 0.15) is 37.0 Å². The highest BCUT2D eigenvalue weighted by atomic mass is 79.9. The Kier molecular flexibility index (Phi) is 10.8. The minimum absolute atomic E-state index is 0. The molecule has 0 spiro atoms. The first-order valence-corrected chi connectivity index (χ1v) is 13.1. The Balaban J connectivity index is 0.000000215. The highest BCUT2D eigenvalue weighted by Gasteiger charge is 2.48. The zero-order chi connectivity index (χ0) is 27.0. The number of ether oxygens (including phenoxy) is 1. The van der Waals surface area contributed by atoms with E-state index in [4.69, 9.17) is 4.74 Å². The van der Waals surface area contributed by atoms with Gasteiger partial charge in [0, 0.05) is 55.2 Å². The highest BCUT2D eigenvalue weighted by molar-refractivity contribution is 5.97. The Morgan fingerprint density at radius 3 is 2.03 bits per heavy atom. The molecule has 7 nitrogen and oxygen atoms in total. The Labute approximate surface area is 240 Å². The number of hydrogen-bond acceptors (Lipinski definition) is 5. The van der Waals surface area contributed by atoms with Crippen LogP contribution in [-0.4, -0.2) is 54.4 Å². The van der Waals surface area contributed by atoms with Crippen LogP contribution < -0.4 is 27.6 Å². The lowest BCUT2D eigenvalue weighted by Gasteiger charge is -2.51. The fourth-order valence-corrected chi connectivity index (χ4v) is 5.38. The molecule has 3 heterocycles. The number of para-hydroxylation sites is 1. The topological polar surface area (TPSA) is 84.5 Å². The summed E-state index contributed by atoms with van der Waals surface area (Å²) in [7, 11) is 0. The van der Waals surface area contributed by atoms with Gasteiger partial charge in [0.25, 0.3) is 0 Å². The van der Waals surface area contributed by atoms with Crippen LogP contribution in [0.3, 0.4) is 0 Å². The van der Waals surface area contributed by atoms with E-state index in [9.17, 15) is 14.4 Å². The summed E-state index contributed by atoms with van der Waals surface area (Å²) in [6.07, 6.45) is 2.11. The average molecular weight is 595 g/mol. The maximum atomic E-state index is 12.5. The molecular formula is C31H36BrN3O4. The molecule has 1 amide bonds. The summed E-state index contributed by atoms with van der Waals surface area (Å²) in [4.78, 5) is 34.7. The number of nitrogens with zero attached hydrogens (tertiary/aromatic N) is 1. The van der Waals surface area contributed by atoms with Crippen molar-refractivity contribution in [3.8, 4) is 0 Å². The van der Waals surface area contributed by atoms with Gasteiger partial charge in [0.15, 0.2) is 6.10 Å². The third kappa shape index (κ3) is 8.76. The Bertz CT molecular complexity index is 1240. The zero-order valence-corrected chi connectivity index (χ0v) is 24.0. The Hall–Kier alpha value is -3.49. The fraction of sp³-hybridized carbons (Fsp3) is 0.323. The molecule has 1 unspecified atom stereocenters. The van der Waals surface area contributed by atoms with Crippen LogP contribution in [0.5, 0.6) is 0 Å². The number of carbonyl (C=O) groups is 3. The van der Waals surface area contributed by atoms with E-state index in [1.54, 1.807) is 0 Å². The normalized spacial score (nSPS) is 20.9. The van der Waals surface area contributed by atoms with Crippen LogP contribution in [0.25, 0.3) is 0 Å². The molecule has 0 aromatic heterocycles. The predicted molar refractivity (Wildman–Crippen MR) is 149 cm³/mol. The molecule has 206 valence electrons. The van der Waals surface area contributed by atoms with Crippen molar-refractivity contribution in [1.29, 1.82) is 0 Å². The largest absolute Gasteiger partial charge is 1.00 e. The molecule has 3 aromatic rings. The maximum absolute atomic E-state index is 12.5. The predicted octanol–water partition coefficient (Wildman–Crippen LogP) is 2.43. The van der Waals surface area contributed by atoms with Gasteiger partial charge in [0.05, 0.1) is 13.1 Å². The van der Waals surface area contributed by atoms with E-state index in [1.807, 2.05) is 84.9 Å². The van der Waals surface area contributed by atoms with E-state index in [-0.39, 0.29) is 40.7 Å². The number of ketones is 1. The lowest BCUT2D eigenvalue weighted by molar-refractivity contribution is -0.938. The summed E-state index contributed by atoms with van der Waals surface area (Å²) in [6, 6.07) is 27.0. The lowest BCUT2D eigenvalue weighted by Crippen LogP contribution is -3.00. The zero-order valence-electron chi connectivity index (χ0n) is 22.4. The van der Waals surface area contributed by atoms with Crippen molar-refractivity contribution in [3.63, 3.8) is 0 Å². The Morgan fingerprint density at radius 1 is 0.821 bits per heavy atom. The summed E-state index contributed by atoms with van der Waals surface area (Å²) < 4.78 is 6.25. The fourth-order valence-electron chi connectivity index (χ4n) is 5.38. The number of halogens is 1. The molecule has 3 aliphatic heterocycles. The number of Topliss-reactive ketones (excluding diaryl/α,β-unsaturated/α-hetero) is 1. The molecule has 2 bridgehead atoms. The summed E-state index contributed by atoms with van der Waals surface area (Å²) in [5.41, 5.74) is 3.54. The lowest BCUT2D eigenvalue weighted by atomic mass is 9.83. The van der Waals surface area contributed by atoms with E-state index in [0.29, 0.717) is 12.5 Å². The molecule has 8 heteroatoms. The number of rotatable bonds is 7. The van der Waals surface area contributed by atoms with Gasteiger partial charge in [-0.25, -0.2) is 0 Å². The molecule has 1 atom stereocenters. The second-order valence-corrected chi connectivity index (χ2v) is 10.2. The van der Waals surface area contributed by atoms with Crippen molar-refractivity contribution in [2.24, 2.45) is 5.92 Å². The molecule has 39 heavy (non-hydrogen) atoms. The molecular weight excluding hydrogens is 558 g/mol. The molecule has 0 saturated carbocycles. The third-order valence-corrected chi connectivity index (χ3v) is 7.18. The van der Waals surface area contributed by atoms with E-state index in [1.165, 1.54) is 13.8 Å². The van der Waals surface area contributed by atoms with Crippen molar-refractivity contribution in [3.05, 3.63) is 90.5 Å². The summed E-state index contributed by atoms with van der Waals surface area (Å²) in [5.74, 6) is 0.404. The standard InChI is InChI=1S/C17H22NO3.C14H14N2O.BrH/c1-13(19)21-17-12-18(9-7-15(17)8-10-18)11-16(20)14-5-3-2-4-6-14;1-11(17)15-13-8-5-9-14(10-13)16-12-6-3-2-4-7-12;/h2-6,15,17H,7-12H2,1H3;2-10,16H,1H3,(H,15,17);1H/q+1;;/p-1. The van der Waals surface area contributed by atoms with Crippen molar-refractivity contribution in [1.82, 2.24) is 0 Å². The summed E-state index contributed by atoms with van der Waals surface area (Å²) >= 11 is 0. The number of benzene rings is 3. The van der Waals surface area contributed by atoms with Crippen LogP contribution in [0.4, 0.5) is 17.1 Å². The summed E-state index contributed by atoms with van der Waals surface area (Å²) in [6.45, 7) is 6.34. The van der Waals surface area contributed by atoms with Crippen LogP contribution in [0, 0.1) is 5.92 Å². The van der Waals surface area contributed by atoms with E-state index < -0.39 is 0 Å². The second kappa shape index (κ2) is 14.1. The second-order valence-electron chi connectivity index (χ2n) is 10.2. The van der Waals surface area contributed by atoms with Gasteiger partial charge in [-0.05, 0) is 30.3 Å². The SMILES string of the molecule is CC(=O)Nc1cccc(Nc2ccccc2)c1.CC(=O)OC1C[N+]2(CC(=O)c3ccccc3)CCC1CC2.[Br-]. The number of nitrogens with one attached hydrogen (secondary N) is 2. The van der Waals surface area contributed by atoms with E-state index >= 15 is 0 Å². The number of esters is 1. The maximum Gasteiger partial charge on any atom is 0.303 e. The minimum atomic E-state index is -0.207. The van der Waals surface area contributed by atoms with Gasteiger partial charge < -0.3 is 36.8 Å². The molecule has 3 aromatic carbocycles. The van der Waals surface area contributed by atoms with Crippen LogP contribution in [0.2, 0.25) is 0 Å². The molecule has 6 rings (SSSR count). The monoisotopic (exact) mass is 593 g/mol. The van der Waals surface area contributed by atoms with Gasteiger partial charge in [0.1, 0.15) is 13.1 Å². The van der Waals surface area contributed by atoms with Crippen molar-refractivity contribution < 1.29 is 40.6 Å². The van der Waals surface area contributed by atoms with Crippen LogP contribution >= 0.6 is 0 Å². The smallest absolute Gasteiger partial charge is 0.303 e. The summed E-state index contributed by atoms with van der Waals surface area (Å²) in [5, 5.41) is 6.02.